The fourth-order valence-corrected chi connectivity index (χ4v) is 6.55. The SMILES string of the molecule is C[C@@H](OC(=O)Nc1scnc1C#Cc1cc2sc(C3(C(=O)O)CC3)cc2s1)c1ccccc1. The largest absolute Gasteiger partial charge is 0.481 e. The first-order valence-electron chi connectivity index (χ1n) is 10.2. The Hall–Kier alpha value is -3.19. The van der Waals surface area contributed by atoms with Gasteiger partial charge < -0.3 is 9.84 Å². The minimum Gasteiger partial charge on any atom is -0.481 e. The standard InChI is InChI=1S/C24H18N2O4S3/c1-14(15-5-3-2-4-6-15)30-23(29)26-21-17(25-13-31-21)8-7-16-11-18-19(32-16)12-20(33-18)24(9-10-24)22(27)28/h2-6,11-14H,9-10H2,1H3,(H,26,29)(H,27,28)/t14-/m1/s1. The van der Waals surface area contributed by atoms with Crippen LogP contribution in [0.15, 0.2) is 48.0 Å². The molecule has 0 bridgehead atoms. The molecule has 1 aliphatic rings. The van der Waals surface area contributed by atoms with Crippen molar-refractivity contribution in [2.45, 2.75) is 31.3 Å². The van der Waals surface area contributed by atoms with E-state index in [4.69, 9.17) is 4.74 Å². The second-order valence-corrected chi connectivity index (χ2v) is 10.7. The molecule has 1 saturated carbocycles. The molecule has 3 aromatic heterocycles. The van der Waals surface area contributed by atoms with Crippen LogP contribution in [0.25, 0.3) is 9.40 Å². The summed E-state index contributed by atoms with van der Waals surface area (Å²) >= 11 is 4.34. The minimum absolute atomic E-state index is 0.381. The van der Waals surface area contributed by atoms with Crippen molar-refractivity contribution >= 4 is 60.5 Å². The van der Waals surface area contributed by atoms with Crippen LogP contribution in [0.3, 0.4) is 0 Å². The maximum absolute atomic E-state index is 12.3. The van der Waals surface area contributed by atoms with Gasteiger partial charge in [0.05, 0.1) is 10.4 Å². The third kappa shape index (κ3) is 4.37. The molecule has 0 aliphatic heterocycles. The van der Waals surface area contributed by atoms with Gasteiger partial charge in [0.15, 0.2) is 0 Å². The van der Waals surface area contributed by atoms with E-state index in [1.807, 2.05) is 49.4 Å². The molecule has 0 unspecified atom stereocenters. The summed E-state index contributed by atoms with van der Waals surface area (Å²) in [6.07, 6.45) is 0.466. The van der Waals surface area contributed by atoms with Gasteiger partial charge in [0, 0.05) is 14.3 Å². The zero-order chi connectivity index (χ0) is 23.0. The lowest BCUT2D eigenvalue weighted by atomic mass is 10.1. The number of carboxylic acids is 1. The molecule has 4 aromatic rings. The molecule has 33 heavy (non-hydrogen) atoms. The molecule has 3 heterocycles. The fourth-order valence-electron chi connectivity index (χ4n) is 3.44. The van der Waals surface area contributed by atoms with Crippen molar-refractivity contribution in [1.29, 1.82) is 0 Å². The molecule has 2 N–H and O–H groups in total. The summed E-state index contributed by atoms with van der Waals surface area (Å²) in [6.45, 7) is 1.82. The maximum Gasteiger partial charge on any atom is 0.412 e. The number of hydrogen-bond donors (Lipinski definition) is 2. The van der Waals surface area contributed by atoms with Crippen LogP contribution < -0.4 is 5.32 Å². The number of aliphatic carboxylic acids is 1. The zero-order valence-corrected chi connectivity index (χ0v) is 19.9. The van der Waals surface area contributed by atoms with E-state index in [0.717, 1.165) is 24.7 Å². The Morgan fingerprint density at radius 3 is 2.61 bits per heavy atom. The van der Waals surface area contributed by atoms with Gasteiger partial charge in [0.1, 0.15) is 22.2 Å². The highest BCUT2D eigenvalue weighted by molar-refractivity contribution is 7.28. The summed E-state index contributed by atoms with van der Waals surface area (Å²) in [5.41, 5.74) is 2.34. The number of carbonyl (C=O) groups is 2. The Labute approximate surface area is 201 Å². The van der Waals surface area contributed by atoms with Gasteiger partial charge in [-0.05, 0) is 49.3 Å². The Bertz CT molecular complexity index is 1370. The summed E-state index contributed by atoms with van der Waals surface area (Å²) in [5, 5.41) is 12.8. The van der Waals surface area contributed by atoms with Crippen LogP contribution in [-0.4, -0.2) is 22.2 Å². The van der Waals surface area contributed by atoms with E-state index in [2.05, 4.69) is 22.1 Å². The van der Waals surface area contributed by atoms with Crippen LogP contribution in [0.2, 0.25) is 0 Å². The van der Waals surface area contributed by atoms with Crippen LogP contribution >= 0.6 is 34.0 Å². The Morgan fingerprint density at radius 2 is 1.91 bits per heavy atom. The first-order chi connectivity index (χ1) is 15.9. The van der Waals surface area contributed by atoms with Gasteiger partial charge in [0.2, 0.25) is 0 Å². The second kappa shape index (κ2) is 8.63. The van der Waals surface area contributed by atoms with Crippen LogP contribution in [0, 0.1) is 11.8 Å². The van der Waals surface area contributed by atoms with Crippen molar-refractivity contribution in [2.24, 2.45) is 0 Å². The molecule has 6 nitrogen and oxygen atoms in total. The number of nitrogens with zero attached hydrogens (tertiary/aromatic N) is 1. The zero-order valence-electron chi connectivity index (χ0n) is 17.5. The molecule has 1 amide bonds. The molecular weight excluding hydrogens is 476 g/mol. The lowest BCUT2D eigenvalue weighted by Gasteiger charge is -2.13. The van der Waals surface area contributed by atoms with Gasteiger partial charge in [-0.2, -0.15) is 0 Å². The molecule has 9 heteroatoms. The number of rotatable bonds is 5. The number of fused-ring (bicyclic) bond motifs is 1. The number of thiophene rings is 2. The van der Waals surface area contributed by atoms with Crippen LogP contribution in [0.5, 0.6) is 0 Å². The average molecular weight is 495 g/mol. The average Bonchev–Trinajstić information content (AvgIpc) is 3.12. The second-order valence-electron chi connectivity index (χ2n) is 7.70. The quantitative estimate of drug-likeness (QED) is 0.320. The normalized spacial score (nSPS) is 14.8. The van der Waals surface area contributed by atoms with Crippen molar-refractivity contribution in [3.63, 3.8) is 0 Å². The van der Waals surface area contributed by atoms with Gasteiger partial charge in [-0.1, -0.05) is 30.3 Å². The molecule has 1 fully saturated rings. The first-order valence-corrected chi connectivity index (χ1v) is 12.7. The van der Waals surface area contributed by atoms with E-state index < -0.39 is 17.5 Å². The van der Waals surface area contributed by atoms with E-state index in [1.165, 1.54) is 34.0 Å². The van der Waals surface area contributed by atoms with Crippen molar-refractivity contribution in [2.75, 3.05) is 5.32 Å². The maximum atomic E-state index is 12.3. The van der Waals surface area contributed by atoms with Crippen molar-refractivity contribution in [1.82, 2.24) is 4.98 Å². The predicted molar refractivity (Wildman–Crippen MR) is 131 cm³/mol. The minimum atomic E-state index is -0.739. The van der Waals surface area contributed by atoms with Gasteiger partial charge in [-0.15, -0.1) is 34.0 Å². The summed E-state index contributed by atoms with van der Waals surface area (Å²) in [5.74, 6) is 5.40. The molecule has 5 rings (SSSR count). The Kier molecular flexibility index (Phi) is 5.66. The number of carboxylic acid groups (broad SMARTS) is 1. The number of aromatic nitrogens is 1. The van der Waals surface area contributed by atoms with Crippen molar-refractivity contribution in [3.8, 4) is 11.8 Å². The van der Waals surface area contributed by atoms with E-state index in [1.54, 1.807) is 5.51 Å². The lowest BCUT2D eigenvalue weighted by Crippen LogP contribution is -2.17. The van der Waals surface area contributed by atoms with Gasteiger partial charge in [-0.25, -0.2) is 9.78 Å². The number of ether oxygens (including phenoxy) is 1. The Morgan fingerprint density at radius 1 is 1.15 bits per heavy atom. The number of hydrogen-bond acceptors (Lipinski definition) is 7. The van der Waals surface area contributed by atoms with Crippen molar-refractivity contribution < 1.29 is 19.4 Å². The van der Waals surface area contributed by atoms with Gasteiger partial charge >= 0.3 is 12.1 Å². The number of carbonyl (C=O) groups excluding carboxylic acids is 1. The van der Waals surface area contributed by atoms with Crippen LogP contribution in [0.1, 0.15) is 46.9 Å². The number of benzene rings is 1. The summed E-state index contributed by atoms with van der Waals surface area (Å²) in [4.78, 5) is 29.9. The lowest BCUT2D eigenvalue weighted by molar-refractivity contribution is -0.139. The predicted octanol–water partition coefficient (Wildman–Crippen LogP) is 6.25. The highest BCUT2D eigenvalue weighted by Gasteiger charge is 2.53. The fraction of sp³-hybridized carbons (Fsp3) is 0.208. The smallest absolute Gasteiger partial charge is 0.412 e. The summed E-state index contributed by atoms with van der Waals surface area (Å²) < 4.78 is 7.55. The van der Waals surface area contributed by atoms with E-state index in [9.17, 15) is 14.7 Å². The monoisotopic (exact) mass is 494 g/mol. The van der Waals surface area contributed by atoms with Crippen LogP contribution in [0.4, 0.5) is 9.80 Å². The van der Waals surface area contributed by atoms with E-state index in [-0.39, 0.29) is 6.10 Å². The first kappa shape index (κ1) is 21.6. The van der Waals surface area contributed by atoms with E-state index in [0.29, 0.717) is 23.5 Å². The van der Waals surface area contributed by atoms with Gasteiger partial charge in [0.25, 0.3) is 0 Å². The highest BCUT2D eigenvalue weighted by atomic mass is 32.1. The van der Waals surface area contributed by atoms with Crippen molar-refractivity contribution in [3.05, 3.63) is 69.0 Å². The van der Waals surface area contributed by atoms with E-state index >= 15 is 0 Å². The third-order valence-electron chi connectivity index (χ3n) is 5.48. The molecule has 1 atom stereocenters. The van der Waals surface area contributed by atoms with Gasteiger partial charge in [-0.3, -0.25) is 10.1 Å². The molecule has 166 valence electrons. The van der Waals surface area contributed by atoms with Crippen LogP contribution in [-0.2, 0) is 14.9 Å². The molecule has 1 aliphatic carbocycles. The molecule has 0 radical (unpaired) electrons. The molecule has 1 aromatic carbocycles. The topological polar surface area (TPSA) is 88.5 Å². The summed E-state index contributed by atoms with van der Waals surface area (Å²) in [7, 11) is 0. The molecule has 0 spiro atoms. The third-order valence-corrected chi connectivity index (χ3v) is 8.63. The number of anilines is 1. The Balaban J connectivity index is 1.27. The summed E-state index contributed by atoms with van der Waals surface area (Å²) in [6, 6.07) is 13.5. The molecule has 0 saturated heterocycles. The highest BCUT2D eigenvalue weighted by Crippen LogP contribution is 2.52. The number of thiazole rings is 1. The molecular formula is C24H18N2O4S3. The number of nitrogens with one attached hydrogen (secondary N) is 1. The number of amides is 1.